The van der Waals surface area contributed by atoms with E-state index in [9.17, 15) is 0 Å². The van der Waals surface area contributed by atoms with Crippen LogP contribution in [0, 0.1) is 5.92 Å². The summed E-state index contributed by atoms with van der Waals surface area (Å²) in [6.07, 6.45) is 1.23. The Morgan fingerprint density at radius 1 is 1.37 bits per heavy atom. The molecule has 2 aliphatic heterocycles. The molecule has 0 spiro atoms. The summed E-state index contributed by atoms with van der Waals surface area (Å²) in [6.45, 7) is 6.66. The van der Waals surface area contributed by atoms with Gasteiger partial charge in [-0.3, -0.25) is 0 Å². The molecule has 0 aliphatic carbocycles. The lowest BCUT2D eigenvalue weighted by Crippen LogP contribution is -2.25. The molecular formula is C15H22ClNO2. The number of methoxy groups -OCH3 is 1. The molecule has 2 aliphatic rings. The van der Waals surface area contributed by atoms with Gasteiger partial charge in [-0.25, -0.2) is 0 Å². The molecule has 0 N–H and O–H groups in total. The van der Waals surface area contributed by atoms with Gasteiger partial charge in [0.05, 0.1) is 13.7 Å². The van der Waals surface area contributed by atoms with Crippen molar-refractivity contribution in [3.63, 3.8) is 0 Å². The van der Waals surface area contributed by atoms with Crippen LogP contribution in [-0.2, 0) is 0 Å². The third kappa shape index (κ3) is 2.67. The first-order chi connectivity index (χ1) is 8.81. The summed E-state index contributed by atoms with van der Waals surface area (Å²) < 4.78 is 11.2. The van der Waals surface area contributed by atoms with Crippen LogP contribution >= 0.6 is 12.4 Å². The summed E-state index contributed by atoms with van der Waals surface area (Å²) in [5.74, 6) is 3.26. The molecule has 0 bridgehead atoms. The van der Waals surface area contributed by atoms with E-state index in [1.807, 2.05) is 12.1 Å². The van der Waals surface area contributed by atoms with E-state index in [1.54, 1.807) is 7.11 Å². The Hall–Kier alpha value is -0.930. The van der Waals surface area contributed by atoms with E-state index in [0.717, 1.165) is 18.1 Å². The molecule has 0 radical (unpaired) electrons. The van der Waals surface area contributed by atoms with Crippen molar-refractivity contribution in [1.29, 1.82) is 0 Å². The average Bonchev–Trinajstić information content (AvgIpc) is 2.81. The quantitative estimate of drug-likeness (QED) is 0.851. The van der Waals surface area contributed by atoms with E-state index in [4.69, 9.17) is 9.47 Å². The van der Waals surface area contributed by atoms with Crippen LogP contribution in [0.15, 0.2) is 18.2 Å². The third-order valence-corrected chi connectivity index (χ3v) is 4.13. The SMILES string of the molecule is CCCN1C[C@@H]2COc3ccc(OC)cc3[C@H]2C1.Cl. The summed E-state index contributed by atoms with van der Waals surface area (Å²) in [6, 6.07) is 6.19. The van der Waals surface area contributed by atoms with Gasteiger partial charge in [-0.15, -0.1) is 12.4 Å². The largest absolute Gasteiger partial charge is 0.497 e. The first-order valence-corrected chi connectivity index (χ1v) is 6.85. The van der Waals surface area contributed by atoms with Gasteiger partial charge in [-0.2, -0.15) is 0 Å². The maximum absolute atomic E-state index is 5.88. The van der Waals surface area contributed by atoms with Crippen LogP contribution in [0.25, 0.3) is 0 Å². The standard InChI is InChI=1S/C15H21NO2.ClH/c1-3-6-16-8-11-10-18-15-5-4-12(17-2)7-13(15)14(11)9-16;/h4-5,7,11,14H,3,6,8-10H2,1-2H3;1H/t11-,14+;/m1./s1. The van der Waals surface area contributed by atoms with Crippen molar-refractivity contribution in [1.82, 2.24) is 4.90 Å². The summed E-state index contributed by atoms with van der Waals surface area (Å²) in [5, 5.41) is 0. The average molecular weight is 284 g/mol. The number of hydrogen-bond acceptors (Lipinski definition) is 3. The van der Waals surface area contributed by atoms with Crippen LogP contribution < -0.4 is 9.47 Å². The zero-order valence-electron chi connectivity index (χ0n) is 11.6. The molecule has 2 atom stereocenters. The second-order valence-corrected chi connectivity index (χ2v) is 5.34. The minimum absolute atomic E-state index is 0. The van der Waals surface area contributed by atoms with E-state index in [0.29, 0.717) is 11.8 Å². The van der Waals surface area contributed by atoms with Gasteiger partial charge in [0, 0.05) is 30.5 Å². The third-order valence-electron chi connectivity index (χ3n) is 4.13. The number of hydrogen-bond donors (Lipinski definition) is 0. The molecule has 4 heteroatoms. The highest BCUT2D eigenvalue weighted by molar-refractivity contribution is 5.85. The fourth-order valence-electron chi connectivity index (χ4n) is 3.25. The van der Waals surface area contributed by atoms with Gasteiger partial charge >= 0.3 is 0 Å². The predicted octanol–water partition coefficient (Wildman–Crippen LogP) is 2.93. The molecule has 0 aromatic heterocycles. The fourth-order valence-corrected chi connectivity index (χ4v) is 3.25. The van der Waals surface area contributed by atoms with E-state index in [-0.39, 0.29) is 12.4 Å². The summed E-state index contributed by atoms with van der Waals surface area (Å²) in [5.41, 5.74) is 1.34. The van der Waals surface area contributed by atoms with Crippen molar-refractivity contribution in [2.24, 2.45) is 5.92 Å². The molecule has 1 saturated heterocycles. The minimum Gasteiger partial charge on any atom is -0.497 e. The van der Waals surface area contributed by atoms with Crippen LogP contribution in [0.4, 0.5) is 0 Å². The highest BCUT2D eigenvalue weighted by Crippen LogP contribution is 2.42. The van der Waals surface area contributed by atoms with Crippen LogP contribution in [0.5, 0.6) is 11.5 Å². The van der Waals surface area contributed by atoms with Crippen LogP contribution in [0.1, 0.15) is 24.8 Å². The van der Waals surface area contributed by atoms with Gasteiger partial charge < -0.3 is 14.4 Å². The van der Waals surface area contributed by atoms with Gasteiger partial charge in [-0.05, 0) is 31.2 Å². The number of ether oxygens (including phenoxy) is 2. The normalized spacial score (nSPS) is 24.9. The Bertz CT molecular complexity index is 438. The molecule has 0 unspecified atom stereocenters. The maximum atomic E-state index is 5.88. The first-order valence-electron chi connectivity index (χ1n) is 6.85. The molecule has 3 rings (SSSR count). The molecule has 19 heavy (non-hydrogen) atoms. The summed E-state index contributed by atoms with van der Waals surface area (Å²) in [4.78, 5) is 2.56. The Labute approximate surface area is 121 Å². The van der Waals surface area contributed by atoms with E-state index >= 15 is 0 Å². The van der Waals surface area contributed by atoms with Crippen LogP contribution in [0.3, 0.4) is 0 Å². The van der Waals surface area contributed by atoms with E-state index in [2.05, 4.69) is 17.9 Å². The Balaban J connectivity index is 0.00000133. The summed E-state index contributed by atoms with van der Waals surface area (Å²) in [7, 11) is 1.72. The second kappa shape index (κ2) is 6.02. The lowest BCUT2D eigenvalue weighted by Gasteiger charge is -2.28. The Kier molecular flexibility index (Phi) is 4.58. The van der Waals surface area contributed by atoms with Crippen molar-refractivity contribution >= 4 is 12.4 Å². The van der Waals surface area contributed by atoms with Crippen molar-refractivity contribution in [2.75, 3.05) is 33.4 Å². The van der Waals surface area contributed by atoms with Gasteiger partial charge in [0.15, 0.2) is 0 Å². The number of nitrogens with zero attached hydrogens (tertiary/aromatic N) is 1. The predicted molar refractivity (Wildman–Crippen MR) is 78.7 cm³/mol. The van der Waals surface area contributed by atoms with Crippen molar-refractivity contribution in [2.45, 2.75) is 19.3 Å². The van der Waals surface area contributed by atoms with Crippen LogP contribution in [-0.4, -0.2) is 38.3 Å². The lowest BCUT2D eigenvalue weighted by molar-refractivity contribution is 0.212. The second-order valence-electron chi connectivity index (χ2n) is 5.34. The zero-order chi connectivity index (χ0) is 12.5. The van der Waals surface area contributed by atoms with Gasteiger partial charge in [0.25, 0.3) is 0 Å². The molecule has 0 saturated carbocycles. The first kappa shape index (κ1) is 14.5. The van der Waals surface area contributed by atoms with Gasteiger partial charge in [0.1, 0.15) is 11.5 Å². The monoisotopic (exact) mass is 283 g/mol. The zero-order valence-corrected chi connectivity index (χ0v) is 12.4. The maximum Gasteiger partial charge on any atom is 0.123 e. The van der Waals surface area contributed by atoms with E-state index in [1.165, 1.54) is 31.6 Å². The van der Waals surface area contributed by atoms with Crippen molar-refractivity contribution < 1.29 is 9.47 Å². The number of halogens is 1. The van der Waals surface area contributed by atoms with Crippen molar-refractivity contribution in [3.05, 3.63) is 23.8 Å². The molecule has 1 aromatic carbocycles. The van der Waals surface area contributed by atoms with Crippen molar-refractivity contribution in [3.8, 4) is 11.5 Å². The molecule has 1 fully saturated rings. The molecule has 2 heterocycles. The number of likely N-dealkylation sites (tertiary alicyclic amines) is 1. The molecule has 1 aromatic rings. The fraction of sp³-hybridized carbons (Fsp3) is 0.600. The van der Waals surface area contributed by atoms with Gasteiger partial charge in [-0.1, -0.05) is 6.92 Å². The lowest BCUT2D eigenvalue weighted by atomic mass is 9.87. The topological polar surface area (TPSA) is 21.7 Å². The molecule has 3 nitrogen and oxygen atoms in total. The molecule has 106 valence electrons. The summed E-state index contributed by atoms with van der Waals surface area (Å²) >= 11 is 0. The Morgan fingerprint density at radius 3 is 2.95 bits per heavy atom. The molecular weight excluding hydrogens is 262 g/mol. The highest BCUT2D eigenvalue weighted by Gasteiger charge is 2.38. The Morgan fingerprint density at radius 2 is 2.21 bits per heavy atom. The number of fused-ring (bicyclic) bond motifs is 3. The minimum atomic E-state index is 0. The van der Waals surface area contributed by atoms with Crippen LogP contribution in [0.2, 0.25) is 0 Å². The highest BCUT2D eigenvalue weighted by atomic mass is 35.5. The number of benzene rings is 1. The van der Waals surface area contributed by atoms with Gasteiger partial charge in [0.2, 0.25) is 0 Å². The number of rotatable bonds is 3. The smallest absolute Gasteiger partial charge is 0.123 e. The van der Waals surface area contributed by atoms with E-state index < -0.39 is 0 Å². The molecule has 0 amide bonds.